The van der Waals surface area contributed by atoms with E-state index in [4.69, 9.17) is 28.7 Å². The van der Waals surface area contributed by atoms with Gasteiger partial charge < -0.3 is 39.3 Å². The van der Waals surface area contributed by atoms with Crippen LogP contribution in [0.25, 0.3) is 0 Å². The highest BCUT2D eigenvalue weighted by molar-refractivity contribution is 5.88. The Balaban J connectivity index is 4.08. The molecule has 0 radical (unpaired) electrons. The van der Waals surface area contributed by atoms with Crippen molar-refractivity contribution in [2.24, 2.45) is 28.7 Å². The predicted molar refractivity (Wildman–Crippen MR) is 110 cm³/mol. The van der Waals surface area contributed by atoms with E-state index in [-0.39, 0.29) is 5.91 Å². The summed E-state index contributed by atoms with van der Waals surface area (Å²) in [5.74, 6) is -1.19. The van der Waals surface area contributed by atoms with E-state index in [0.29, 0.717) is 51.7 Å². The molecule has 3 atom stereocenters. The minimum atomic E-state index is -0.776. The van der Waals surface area contributed by atoms with Crippen molar-refractivity contribution >= 4 is 17.7 Å². The lowest BCUT2D eigenvalue weighted by molar-refractivity contribution is -0.128. The standard InChI is InChI=1S/C18H39N7O3/c19-10-4-1-7-13(21)17(27)24-12-6-3-9-15(16(23)26)25-18(28)14(22)8-2-5-11-20/h13-15H,1-12,19-22H2,(H2,23,26)(H,24,27)(H,25,28)/t13-,14-,15-/m0/s1. The van der Waals surface area contributed by atoms with Crippen LogP contribution >= 0.6 is 0 Å². The van der Waals surface area contributed by atoms with Crippen molar-refractivity contribution in [3.05, 3.63) is 0 Å². The van der Waals surface area contributed by atoms with Gasteiger partial charge in [-0.25, -0.2) is 0 Å². The molecule has 0 aromatic carbocycles. The van der Waals surface area contributed by atoms with E-state index in [9.17, 15) is 14.4 Å². The molecule has 0 rings (SSSR count). The summed E-state index contributed by atoms with van der Waals surface area (Å²) in [6.45, 7) is 1.58. The van der Waals surface area contributed by atoms with Crippen LogP contribution in [0.4, 0.5) is 0 Å². The zero-order chi connectivity index (χ0) is 21.4. The second kappa shape index (κ2) is 16.2. The molecule has 0 saturated heterocycles. The number of primary amides is 1. The first kappa shape index (κ1) is 26.2. The van der Waals surface area contributed by atoms with Gasteiger partial charge >= 0.3 is 0 Å². The zero-order valence-corrected chi connectivity index (χ0v) is 16.8. The number of nitrogens with one attached hydrogen (secondary N) is 2. The van der Waals surface area contributed by atoms with Gasteiger partial charge in [-0.15, -0.1) is 0 Å². The molecule has 0 aliphatic carbocycles. The van der Waals surface area contributed by atoms with Crippen LogP contribution in [0.15, 0.2) is 0 Å². The van der Waals surface area contributed by atoms with Crippen molar-refractivity contribution in [2.45, 2.75) is 75.9 Å². The maximum absolute atomic E-state index is 12.1. The van der Waals surface area contributed by atoms with Gasteiger partial charge in [0.2, 0.25) is 17.7 Å². The van der Waals surface area contributed by atoms with Crippen LogP contribution in [0.2, 0.25) is 0 Å². The fourth-order valence-corrected chi connectivity index (χ4v) is 2.66. The van der Waals surface area contributed by atoms with Crippen LogP contribution in [0, 0.1) is 0 Å². The average molecular weight is 402 g/mol. The van der Waals surface area contributed by atoms with Crippen LogP contribution < -0.4 is 39.3 Å². The van der Waals surface area contributed by atoms with Gasteiger partial charge in [0.15, 0.2) is 0 Å². The highest BCUT2D eigenvalue weighted by atomic mass is 16.2. The van der Waals surface area contributed by atoms with Crippen LogP contribution in [0.1, 0.15) is 57.8 Å². The molecule has 10 nitrogen and oxygen atoms in total. The third kappa shape index (κ3) is 12.6. The number of carbonyl (C=O) groups is 3. The predicted octanol–water partition coefficient (Wildman–Crippen LogP) is -1.84. The van der Waals surface area contributed by atoms with Crippen molar-refractivity contribution in [3.8, 4) is 0 Å². The number of amides is 3. The molecule has 0 bridgehead atoms. The van der Waals surface area contributed by atoms with E-state index in [1.54, 1.807) is 0 Å². The third-order valence-corrected chi connectivity index (χ3v) is 4.49. The van der Waals surface area contributed by atoms with Gasteiger partial charge in [-0.2, -0.15) is 0 Å². The van der Waals surface area contributed by atoms with Gasteiger partial charge in [0.25, 0.3) is 0 Å². The molecule has 164 valence electrons. The van der Waals surface area contributed by atoms with E-state index < -0.39 is 29.9 Å². The molecule has 12 N–H and O–H groups in total. The number of hydrogen-bond acceptors (Lipinski definition) is 7. The maximum Gasteiger partial charge on any atom is 0.240 e. The maximum atomic E-state index is 12.1. The fourth-order valence-electron chi connectivity index (χ4n) is 2.66. The average Bonchev–Trinajstić information content (AvgIpc) is 2.66. The first-order valence-corrected chi connectivity index (χ1v) is 10.1. The molecule has 0 aliphatic heterocycles. The monoisotopic (exact) mass is 401 g/mol. The molecule has 0 heterocycles. The minimum Gasteiger partial charge on any atom is -0.368 e. The minimum absolute atomic E-state index is 0.194. The number of unbranched alkanes of at least 4 members (excludes halogenated alkanes) is 3. The summed E-state index contributed by atoms with van der Waals surface area (Å²) < 4.78 is 0. The van der Waals surface area contributed by atoms with Gasteiger partial charge in [-0.05, 0) is 58.0 Å². The van der Waals surface area contributed by atoms with Crippen molar-refractivity contribution in [2.75, 3.05) is 19.6 Å². The number of nitrogens with two attached hydrogens (primary N) is 5. The van der Waals surface area contributed by atoms with E-state index >= 15 is 0 Å². The molecule has 3 amide bonds. The molecule has 0 aliphatic rings. The zero-order valence-electron chi connectivity index (χ0n) is 16.8. The van der Waals surface area contributed by atoms with E-state index in [1.165, 1.54) is 0 Å². The van der Waals surface area contributed by atoms with Crippen molar-refractivity contribution in [1.82, 2.24) is 10.6 Å². The normalized spacial score (nSPS) is 14.1. The Morgan fingerprint density at radius 3 is 1.71 bits per heavy atom. The molecule has 10 heteroatoms. The van der Waals surface area contributed by atoms with E-state index in [0.717, 1.165) is 25.7 Å². The SMILES string of the molecule is NCCCC[C@H](N)C(=O)NCCCC[C@H](NC(=O)[C@@H](N)CCCCN)C(N)=O. The number of rotatable bonds is 17. The summed E-state index contributed by atoms with van der Waals surface area (Å²) in [4.78, 5) is 35.5. The topological polar surface area (TPSA) is 205 Å². The smallest absolute Gasteiger partial charge is 0.240 e. The molecular formula is C18H39N7O3. The molecule has 0 aromatic heterocycles. The van der Waals surface area contributed by atoms with Gasteiger partial charge in [0, 0.05) is 6.54 Å². The van der Waals surface area contributed by atoms with Gasteiger partial charge in [-0.1, -0.05) is 12.8 Å². The second-order valence-corrected chi connectivity index (χ2v) is 7.03. The Labute approximate surface area is 167 Å². The van der Waals surface area contributed by atoms with Crippen molar-refractivity contribution in [3.63, 3.8) is 0 Å². The Morgan fingerprint density at radius 2 is 1.21 bits per heavy atom. The number of hydrogen-bond donors (Lipinski definition) is 7. The summed E-state index contributed by atoms with van der Waals surface area (Å²) in [5.41, 5.74) is 27.8. The molecule has 0 fully saturated rings. The van der Waals surface area contributed by atoms with E-state index in [2.05, 4.69) is 10.6 Å². The lowest BCUT2D eigenvalue weighted by Crippen LogP contribution is -2.50. The highest BCUT2D eigenvalue weighted by Gasteiger charge is 2.21. The summed E-state index contributed by atoms with van der Waals surface area (Å²) in [7, 11) is 0. The van der Waals surface area contributed by atoms with Gasteiger partial charge in [0.1, 0.15) is 6.04 Å². The fraction of sp³-hybridized carbons (Fsp3) is 0.833. The largest absolute Gasteiger partial charge is 0.368 e. The molecule has 0 saturated carbocycles. The van der Waals surface area contributed by atoms with Crippen molar-refractivity contribution in [1.29, 1.82) is 0 Å². The Bertz CT molecular complexity index is 462. The summed E-state index contributed by atoms with van der Waals surface area (Å²) >= 11 is 0. The lowest BCUT2D eigenvalue weighted by atomic mass is 10.1. The first-order chi connectivity index (χ1) is 13.3. The Hall–Kier alpha value is -1.75. The Kier molecular flexibility index (Phi) is 15.2. The summed E-state index contributed by atoms with van der Waals surface area (Å²) in [5, 5.41) is 5.37. The first-order valence-electron chi connectivity index (χ1n) is 10.1. The van der Waals surface area contributed by atoms with Crippen LogP contribution in [0.5, 0.6) is 0 Å². The molecule has 0 aromatic rings. The second-order valence-electron chi connectivity index (χ2n) is 7.03. The highest BCUT2D eigenvalue weighted by Crippen LogP contribution is 2.04. The molecule has 28 heavy (non-hydrogen) atoms. The Morgan fingerprint density at radius 1 is 0.714 bits per heavy atom. The summed E-state index contributed by atoms with van der Waals surface area (Å²) in [6.07, 6.45) is 5.95. The van der Waals surface area contributed by atoms with Crippen LogP contribution in [-0.4, -0.2) is 55.5 Å². The van der Waals surface area contributed by atoms with Gasteiger partial charge in [-0.3, -0.25) is 14.4 Å². The third-order valence-electron chi connectivity index (χ3n) is 4.49. The van der Waals surface area contributed by atoms with E-state index in [1.807, 2.05) is 0 Å². The lowest BCUT2D eigenvalue weighted by Gasteiger charge is -2.18. The van der Waals surface area contributed by atoms with Crippen LogP contribution in [0.3, 0.4) is 0 Å². The molecule has 0 spiro atoms. The van der Waals surface area contributed by atoms with Crippen molar-refractivity contribution < 1.29 is 14.4 Å². The number of carbonyl (C=O) groups excluding carboxylic acids is 3. The molecular weight excluding hydrogens is 362 g/mol. The van der Waals surface area contributed by atoms with Gasteiger partial charge in [0.05, 0.1) is 12.1 Å². The quantitative estimate of drug-likeness (QED) is 0.138. The summed E-state index contributed by atoms with van der Waals surface area (Å²) in [6, 6.07) is -2.00. The van der Waals surface area contributed by atoms with Crippen LogP contribution in [-0.2, 0) is 14.4 Å². The molecule has 0 unspecified atom stereocenters.